The van der Waals surface area contributed by atoms with E-state index < -0.39 is 0 Å². The molecule has 1 N–H and O–H groups in total. The second-order valence-corrected chi connectivity index (χ2v) is 2.64. The van der Waals surface area contributed by atoms with E-state index in [0.29, 0.717) is 19.1 Å². The molecule has 0 spiro atoms. The van der Waals surface area contributed by atoms with E-state index in [2.05, 4.69) is 13.8 Å². The van der Waals surface area contributed by atoms with E-state index in [4.69, 9.17) is 5.11 Å². The number of aliphatic hydroxyl groups is 1. The van der Waals surface area contributed by atoms with E-state index in [-0.39, 0.29) is 6.61 Å². The Morgan fingerprint density at radius 2 is 2.27 bits per heavy atom. The highest BCUT2D eigenvalue weighted by atomic mass is 16.3. The van der Waals surface area contributed by atoms with Crippen molar-refractivity contribution < 1.29 is 9.90 Å². The Labute approximate surface area is 68.0 Å². The quantitative estimate of drug-likeness (QED) is 0.566. The summed E-state index contributed by atoms with van der Waals surface area (Å²) in [4.78, 5) is 12.2. The Bertz CT molecular complexity index is 106. The van der Waals surface area contributed by atoms with Crippen LogP contribution < -0.4 is 0 Å². The maximum absolute atomic E-state index is 10.2. The summed E-state index contributed by atoms with van der Waals surface area (Å²) in [6.07, 6.45) is 1.88. The van der Waals surface area contributed by atoms with Gasteiger partial charge < -0.3 is 9.90 Å². The Balaban J connectivity index is 3.75. The molecule has 1 atom stereocenters. The fourth-order valence-corrected chi connectivity index (χ4v) is 0.974. The molecule has 0 rings (SSSR count). The number of carbonyl (C=O) groups is 1. The van der Waals surface area contributed by atoms with Gasteiger partial charge in [-0.15, -0.1) is 0 Å². The van der Waals surface area contributed by atoms with E-state index in [1.807, 2.05) is 4.90 Å². The maximum Gasteiger partial charge on any atom is 0.133 e. The standard InChI is InChI=1S/C8H17NO2/c1-3-8(2)9(4-6-10)5-7-11/h6,8,11H,3-5,7H2,1-2H3. The van der Waals surface area contributed by atoms with Crippen molar-refractivity contribution in [3.8, 4) is 0 Å². The highest BCUT2D eigenvalue weighted by Crippen LogP contribution is 2.00. The molecule has 3 nitrogen and oxygen atoms in total. The van der Waals surface area contributed by atoms with Gasteiger partial charge in [0.1, 0.15) is 6.29 Å². The van der Waals surface area contributed by atoms with Crippen LogP contribution in [0.3, 0.4) is 0 Å². The number of aliphatic hydroxyl groups excluding tert-OH is 1. The molecule has 0 heterocycles. The fraction of sp³-hybridized carbons (Fsp3) is 0.875. The first-order valence-electron chi connectivity index (χ1n) is 4.04. The van der Waals surface area contributed by atoms with Crippen molar-refractivity contribution >= 4 is 6.29 Å². The molecule has 0 saturated heterocycles. The SMILES string of the molecule is CCC(C)N(CC=O)CCO. The summed E-state index contributed by atoms with van der Waals surface area (Å²) in [5.74, 6) is 0. The molecular weight excluding hydrogens is 142 g/mol. The van der Waals surface area contributed by atoms with Crippen LogP contribution in [0, 0.1) is 0 Å². The van der Waals surface area contributed by atoms with Crippen molar-refractivity contribution in [1.82, 2.24) is 4.90 Å². The Morgan fingerprint density at radius 3 is 2.64 bits per heavy atom. The van der Waals surface area contributed by atoms with E-state index in [1.54, 1.807) is 0 Å². The van der Waals surface area contributed by atoms with Crippen molar-refractivity contribution in [2.75, 3.05) is 19.7 Å². The Kier molecular flexibility index (Phi) is 6.07. The smallest absolute Gasteiger partial charge is 0.133 e. The van der Waals surface area contributed by atoms with Crippen LogP contribution in [0.25, 0.3) is 0 Å². The summed E-state index contributed by atoms with van der Waals surface area (Å²) in [6.45, 7) is 5.26. The molecule has 0 aromatic carbocycles. The summed E-state index contributed by atoms with van der Waals surface area (Å²) in [5.41, 5.74) is 0. The number of carbonyl (C=O) groups excluding carboxylic acids is 1. The predicted molar refractivity (Wildman–Crippen MR) is 44.5 cm³/mol. The summed E-state index contributed by atoms with van der Waals surface area (Å²) in [5, 5.41) is 8.65. The molecule has 1 unspecified atom stereocenters. The van der Waals surface area contributed by atoms with Crippen molar-refractivity contribution in [2.24, 2.45) is 0 Å². The molecule has 3 heteroatoms. The molecule has 0 saturated carbocycles. The van der Waals surface area contributed by atoms with Gasteiger partial charge in [0, 0.05) is 12.6 Å². The number of nitrogens with zero attached hydrogens (tertiary/aromatic N) is 1. The summed E-state index contributed by atoms with van der Waals surface area (Å²) >= 11 is 0. The van der Waals surface area contributed by atoms with Crippen LogP contribution in [0.2, 0.25) is 0 Å². The molecule has 0 aliphatic rings. The van der Waals surface area contributed by atoms with Gasteiger partial charge in [0.25, 0.3) is 0 Å². The average molecular weight is 159 g/mol. The van der Waals surface area contributed by atoms with Gasteiger partial charge >= 0.3 is 0 Å². The van der Waals surface area contributed by atoms with Gasteiger partial charge in [-0.1, -0.05) is 6.92 Å². The van der Waals surface area contributed by atoms with Gasteiger partial charge in [-0.2, -0.15) is 0 Å². The minimum absolute atomic E-state index is 0.123. The first-order chi connectivity index (χ1) is 5.26. The molecular formula is C8H17NO2. The summed E-state index contributed by atoms with van der Waals surface area (Å²) in [6, 6.07) is 0.382. The second kappa shape index (κ2) is 6.31. The normalized spacial score (nSPS) is 13.5. The van der Waals surface area contributed by atoms with Crippen LogP contribution >= 0.6 is 0 Å². The van der Waals surface area contributed by atoms with Gasteiger partial charge in [0.15, 0.2) is 0 Å². The molecule has 0 aliphatic heterocycles. The van der Waals surface area contributed by atoms with Crippen molar-refractivity contribution in [2.45, 2.75) is 26.3 Å². The zero-order chi connectivity index (χ0) is 8.69. The number of hydrogen-bond acceptors (Lipinski definition) is 3. The molecule has 0 radical (unpaired) electrons. The van der Waals surface area contributed by atoms with E-state index in [9.17, 15) is 4.79 Å². The van der Waals surface area contributed by atoms with E-state index in [1.165, 1.54) is 0 Å². The van der Waals surface area contributed by atoms with Crippen molar-refractivity contribution in [3.63, 3.8) is 0 Å². The number of hydrogen-bond donors (Lipinski definition) is 1. The Hall–Kier alpha value is -0.410. The van der Waals surface area contributed by atoms with E-state index >= 15 is 0 Å². The molecule has 0 bridgehead atoms. The largest absolute Gasteiger partial charge is 0.395 e. The third-order valence-electron chi connectivity index (χ3n) is 1.91. The Morgan fingerprint density at radius 1 is 1.64 bits per heavy atom. The van der Waals surface area contributed by atoms with Crippen LogP contribution in [0.15, 0.2) is 0 Å². The molecule has 0 amide bonds. The van der Waals surface area contributed by atoms with Gasteiger partial charge in [-0.25, -0.2) is 0 Å². The van der Waals surface area contributed by atoms with Gasteiger partial charge in [0.05, 0.1) is 13.2 Å². The zero-order valence-corrected chi connectivity index (χ0v) is 7.29. The molecule has 0 aliphatic carbocycles. The van der Waals surface area contributed by atoms with Crippen LogP contribution in [0.5, 0.6) is 0 Å². The number of aldehydes is 1. The van der Waals surface area contributed by atoms with E-state index in [0.717, 1.165) is 12.7 Å². The fourth-order valence-electron chi connectivity index (χ4n) is 0.974. The van der Waals surface area contributed by atoms with Crippen LogP contribution in [0.4, 0.5) is 0 Å². The monoisotopic (exact) mass is 159 g/mol. The lowest BCUT2D eigenvalue weighted by atomic mass is 10.2. The summed E-state index contributed by atoms with van der Waals surface area (Å²) < 4.78 is 0. The lowest BCUT2D eigenvalue weighted by molar-refractivity contribution is -0.109. The van der Waals surface area contributed by atoms with Gasteiger partial charge in [-0.05, 0) is 13.3 Å². The van der Waals surface area contributed by atoms with Gasteiger partial charge in [-0.3, -0.25) is 4.90 Å². The topological polar surface area (TPSA) is 40.5 Å². The minimum atomic E-state index is 0.123. The molecule has 0 aromatic heterocycles. The maximum atomic E-state index is 10.2. The van der Waals surface area contributed by atoms with Gasteiger partial charge in [0.2, 0.25) is 0 Å². The van der Waals surface area contributed by atoms with Crippen molar-refractivity contribution in [3.05, 3.63) is 0 Å². The lowest BCUT2D eigenvalue weighted by Gasteiger charge is -2.24. The van der Waals surface area contributed by atoms with Crippen LogP contribution in [-0.4, -0.2) is 42.0 Å². The summed E-state index contributed by atoms with van der Waals surface area (Å²) in [7, 11) is 0. The predicted octanol–water partition coefficient (Wildman–Crippen LogP) is 0.278. The molecule has 66 valence electrons. The molecule has 11 heavy (non-hydrogen) atoms. The number of rotatable bonds is 6. The first-order valence-corrected chi connectivity index (χ1v) is 4.04. The van der Waals surface area contributed by atoms with Crippen LogP contribution in [-0.2, 0) is 4.79 Å². The zero-order valence-electron chi connectivity index (χ0n) is 7.29. The third kappa shape index (κ3) is 4.11. The van der Waals surface area contributed by atoms with Crippen molar-refractivity contribution in [1.29, 1.82) is 0 Å². The van der Waals surface area contributed by atoms with Crippen LogP contribution in [0.1, 0.15) is 20.3 Å². The molecule has 0 aromatic rings. The minimum Gasteiger partial charge on any atom is -0.395 e. The second-order valence-electron chi connectivity index (χ2n) is 2.64. The lowest BCUT2D eigenvalue weighted by Crippen LogP contribution is -2.36. The molecule has 0 fully saturated rings. The third-order valence-corrected chi connectivity index (χ3v) is 1.91. The highest BCUT2D eigenvalue weighted by Gasteiger charge is 2.09. The first kappa shape index (κ1) is 10.6. The highest BCUT2D eigenvalue weighted by molar-refractivity contribution is 5.52. The average Bonchev–Trinajstić information content (AvgIpc) is 2.03.